The van der Waals surface area contributed by atoms with Crippen molar-refractivity contribution in [2.24, 2.45) is 0 Å². The third kappa shape index (κ3) is 2.76. The van der Waals surface area contributed by atoms with E-state index in [4.69, 9.17) is 0 Å². The summed E-state index contributed by atoms with van der Waals surface area (Å²) >= 11 is 1.89. The molecular weight excluding hydrogens is 420 g/mol. The van der Waals surface area contributed by atoms with Gasteiger partial charge in [0.25, 0.3) is 0 Å². The van der Waals surface area contributed by atoms with Crippen LogP contribution in [-0.4, -0.2) is 4.98 Å². The summed E-state index contributed by atoms with van der Waals surface area (Å²) in [7, 11) is 0. The van der Waals surface area contributed by atoms with Crippen molar-refractivity contribution >= 4 is 42.9 Å². The second-order valence-corrected chi connectivity index (χ2v) is 9.60. The molecule has 3 heteroatoms. The Morgan fingerprint density at radius 3 is 2.42 bits per heavy atom. The maximum atomic E-state index is 4.59. The van der Waals surface area contributed by atoms with Crippen LogP contribution in [0.1, 0.15) is 5.56 Å². The highest BCUT2D eigenvalue weighted by Gasteiger charge is 2.23. The fraction of sp³-hybridized carbons (Fsp3) is 0.0333. The van der Waals surface area contributed by atoms with Crippen LogP contribution in [0.2, 0.25) is 0 Å². The summed E-state index contributed by atoms with van der Waals surface area (Å²) in [4.78, 5) is 4.59. The maximum Gasteiger partial charge on any atom is 0.0702 e. The summed E-state index contributed by atoms with van der Waals surface area (Å²) in [6.07, 6.45) is 1.85. The molecule has 0 spiro atoms. The minimum absolute atomic E-state index is 0.989. The average Bonchev–Trinajstić information content (AvgIpc) is 3.23. The van der Waals surface area contributed by atoms with Crippen molar-refractivity contribution in [2.75, 3.05) is 5.32 Å². The van der Waals surface area contributed by atoms with Crippen LogP contribution in [0.4, 0.5) is 11.4 Å². The van der Waals surface area contributed by atoms with Crippen LogP contribution in [0.15, 0.2) is 97.2 Å². The molecule has 1 aliphatic rings. The highest BCUT2D eigenvalue weighted by molar-refractivity contribution is 7.26. The van der Waals surface area contributed by atoms with E-state index in [0.29, 0.717) is 0 Å². The highest BCUT2D eigenvalue weighted by atomic mass is 32.1. The summed E-state index contributed by atoms with van der Waals surface area (Å²) in [5.41, 5.74) is 10.8. The lowest BCUT2D eigenvalue weighted by atomic mass is 9.87. The molecule has 2 bridgehead atoms. The van der Waals surface area contributed by atoms with Gasteiger partial charge in [-0.15, -0.1) is 11.3 Å². The Bertz CT molecular complexity index is 1700. The van der Waals surface area contributed by atoms with E-state index in [2.05, 4.69) is 96.1 Å². The predicted octanol–water partition coefficient (Wildman–Crippen LogP) is 8.82. The van der Waals surface area contributed by atoms with Crippen LogP contribution in [0.25, 0.3) is 53.7 Å². The predicted molar refractivity (Wildman–Crippen MR) is 141 cm³/mol. The average molecular weight is 441 g/mol. The van der Waals surface area contributed by atoms with Crippen LogP contribution >= 0.6 is 11.3 Å². The van der Waals surface area contributed by atoms with Gasteiger partial charge >= 0.3 is 0 Å². The van der Waals surface area contributed by atoms with E-state index in [0.717, 1.165) is 22.6 Å². The Morgan fingerprint density at radius 2 is 1.52 bits per heavy atom. The number of nitrogens with one attached hydrogen (secondary N) is 1. The fourth-order valence-electron chi connectivity index (χ4n) is 5.08. The smallest absolute Gasteiger partial charge is 0.0702 e. The van der Waals surface area contributed by atoms with Crippen molar-refractivity contribution in [1.29, 1.82) is 0 Å². The van der Waals surface area contributed by atoms with Crippen LogP contribution < -0.4 is 5.32 Å². The highest BCUT2D eigenvalue weighted by Crippen LogP contribution is 2.50. The monoisotopic (exact) mass is 440 g/mol. The zero-order valence-corrected chi connectivity index (χ0v) is 18.9. The Morgan fingerprint density at radius 1 is 0.697 bits per heavy atom. The first-order chi connectivity index (χ1) is 16.3. The number of aromatic nitrogens is 1. The standard InChI is InChI=1S/C30H20N2S/c1-18-22-17-24-20-8-3-5-12-28(20)33-30(24)29(18)21-9-2-4-11-26(21)32-27-14-13-19(16-23(22)27)25-10-6-7-15-31-25/h2-17,32H,1H3. The molecule has 0 radical (unpaired) electrons. The lowest BCUT2D eigenvalue weighted by Gasteiger charge is -2.24. The quantitative estimate of drug-likeness (QED) is 0.276. The van der Waals surface area contributed by atoms with E-state index in [1.807, 2.05) is 29.7 Å². The van der Waals surface area contributed by atoms with Gasteiger partial charge in [0, 0.05) is 60.0 Å². The van der Waals surface area contributed by atoms with Crippen molar-refractivity contribution in [1.82, 2.24) is 4.98 Å². The molecule has 33 heavy (non-hydrogen) atoms. The molecule has 0 atom stereocenters. The second kappa shape index (κ2) is 7.03. The number of anilines is 2. The lowest BCUT2D eigenvalue weighted by molar-refractivity contribution is 1.32. The van der Waals surface area contributed by atoms with E-state index >= 15 is 0 Å². The second-order valence-electron chi connectivity index (χ2n) is 8.54. The molecular formula is C30H20N2S. The van der Waals surface area contributed by atoms with Crippen LogP contribution in [0, 0.1) is 6.92 Å². The topological polar surface area (TPSA) is 24.9 Å². The third-order valence-corrected chi connectivity index (χ3v) is 7.87. The number of pyridine rings is 1. The molecule has 7 rings (SSSR count). The van der Waals surface area contributed by atoms with Crippen molar-refractivity contribution < 1.29 is 0 Å². The van der Waals surface area contributed by atoms with E-state index in [1.54, 1.807) is 0 Å². The van der Waals surface area contributed by atoms with Gasteiger partial charge in [0.15, 0.2) is 0 Å². The van der Waals surface area contributed by atoms with Crippen molar-refractivity contribution in [2.45, 2.75) is 6.92 Å². The zero-order valence-electron chi connectivity index (χ0n) is 18.1. The van der Waals surface area contributed by atoms with Crippen LogP contribution in [0.5, 0.6) is 0 Å². The molecule has 0 saturated carbocycles. The maximum absolute atomic E-state index is 4.59. The Kier molecular flexibility index (Phi) is 3.96. The molecule has 3 heterocycles. The summed E-state index contributed by atoms with van der Waals surface area (Å²) < 4.78 is 2.69. The lowest BCUT2D eigenvalue weighted by Crippen LogP contribution is -2.02. The van der Waals surface area contributed by atoms with Gasteiger partial charge in [0.05, 0.1) is 5.69 Å². The number of hydrogen-bond donors (Lipinski definition) is 1. The van der Waals surface area contributed by atoms with Crippen molar-refractivity contribution in [3.8, 4) is 33.5 Å². The Balaban J connectivity index is 1.63. The molecule has 156 valence electrons. The zero-order chi connectivity index (χ0) is 21.9. The van der Waals surface area contributed by atoms with Gasteiger partial charge in [-0.05, 0) is 60.5 Å². The summed E-state index contributed by atoms with van der Waals surface area (Å²) in [5, 5.41) is 6.40. The number of rotatable bonds is 1. The normalized spacial score (nSPS) is 12.0. The van der Waals surface area contributed by atoms with Gasteiger partial charge in [-0.2, -0.15) is 0 Å². The van der Waals surface area contributed by atoms with Crippen molar-refractivity contribution in [3.63, 3.8) is 0 Å². The molecule has 4 aromatic carbocycles. The fourth-order valence-corrected chi connectivity index (χ4v) is 6.38. The van der Waals surface area contributed by atoms with Gasteiger partial charge in [0.1, 0.15) is 0 Å². The van der Waals surface area contributed by atoms with Gasteiger partial charge in [0.2, 0.25) is 0 Å². The van der Waals surface area contributed by atoms with E-state index in [9.17, 15) is 0 Å². The molecule has 0 fully saturated rings. The van der Waals surface area contributed by atoms with Crippen molar-refractivity contribution in [3.05, 3.63) is 103 Å². The molecule has 1 N–H and O–H groups in total. The molecule has 6 aromatic rings. The number of para-hydroxylation sites is 1. The Labute approximate surface area is 196 Å². The van der Waals surface area contributed by atoms with E-state index < -0.39 is 0 Å². The van der Waals surface area contributed by atoms with Gasteiger partial charge in [-0.3, -0.25) is 4.98 Å². The minimum atomic E-state index is 0.989. The summed E-state index contributed by atoms with van der Waals surface area (Å²) in [6, 6.07) is 32.5. The minimum Gasteiger partial charge on any atom is -0.355 e. The molecule has 0 aliphatic carbocycles. The van der Waals surface area contributed by atoms with Gasteiger partial charge in [-0.25, -0.2) is 0 Å². The summed E-state index contributed by atoms with van der Waals surface area (Å²) in [6.45, 7) is 2.27. The molecule has 1 aliphatic heterocycles. The number of nitrogens with zero attached hydrogens (tertiary/aromatic N) is 1. The van der Waals surface area contributed by atoms with E-state index in [-0.39, 0.29) is 0 Å². The first-order valence-corrected chi connectivity index (χ1v) is 12.0. The Hall–Kier alpha value is -3.95. The largest absolute Gasteiger partial charge is 0.355 e. The van der Waals surface area contributed by atoms with Crippen LogP contribution in [-0.2, 0) is 0 Å². The molecule has 0 unspecified atom stereocenters. The SMILES string of the molecule is Cc1c2cc3c(sc4ccccc43)c1-c1ccccc1Nc1ccc(-c3ccccn3)cc1-2. The molecule has 2 nitrogen and oxygen atoms in total. The number of benzene rings is 4. The first kappa shape index (κ1) is 18.6. The van der Waals surface area contributed by atoms with Gasteiger partial charge in [-0.1, -0.05) is 48.5 Å². The number of fused-ring (bicyclic) bond motifs is 10. The first-order valence-electron chi connectivity index (χ1n) is 11.1. The number of hydrogen-bond acceptors (Lipinski definition) is 3. The molecule has 2 aromatic heterocycles. The van der Waals surface area contributed by atoms with E-state index in [1.165, 1.54) is 48.0 Å². The molecule has 0 amide bonds. The van der Waals surface area contributed by atoms with Gasteiger partial charge < -0.3 is 5.32 Å². The molecule has 0 saturated heterocycles. The third-order valence-electron chi connectivity index (χ3n) is 6.66. The van der Waals surface area contributed by atoms with Crippen LogP contribution in [0.3, 0.4) is 0 Å². The summed E-state index contributed by atoms with van der Waals surface area (Å²) in [5.74, 6) is 0. The number of thiophene rings is 1.